The molecule has 11 heteroatoms. The first-order valence-electron chi connectivity index (χ1n) is 27.5. The number of ether oxygens (including phenoxy) is 5. The molecule has 7 nitrogen and oxygen atoms in total. The van der Waals surface area contributed by atoms with Gasteiger partial charge in [-0.05, 0) is 106 Å². The standard InChI is InChI=1S/C64H86O7S2Si2/c1-60(2,3)74(55-25-16-12-17-26-55,56-27-18-13-19-28-56)67-39-37-50-43-53(69-54(44-50)48-66-47-49-33-35-51(65-11)36-34-49)46-64(72-41-24-42-73-64)62(7,8)59-45-52(70-63(9,10)71-59)38-40-68-75(61(4,5)6,57-29-20-14-21-30-57)58-31-22-15-23-32-58/h12-23,25-37,52-54,59H,24,38-48H2,1-11H3/b50-37-/t52-,53+,54-,59+/m1/s1. The fourth-order valence-electron chi connectivity index (χ4n) is 12.2. The number of hydrogen-bond acceptors (Lipinski definition) is 9. The molecule has 0 aliphatic carbocycles. The smallest absolute Gasteiger partial charge is 0.261 e. The highest BCUT2D eigenvalue weighted by molar-refractivity contribution is 8.18. The summed E-state index contributed by atoms with van der Waals surface area (Å²) < 4.78 is 48.0. The molecule has 0 aromatic heterocycles. The average Bonchev–Trinajstić information content (AvgIpc) is 3.40. The molecule has 0 unspecified atom stereocenters. The van der Waals surface area contributed by atoms with Crippen molar-refractivity contribution in [2.75, 3.05) is 38.4 Å². The Balaban J connectivity index is 1.04. The van der Waals surface area contributed by atoms with Gasteiger partial charge in [-0.1, -0.05) is 200 Å². The maximum Gasteiger partial charge on any atom is 0.261 e. The zero-order valence-electron chi connectivity index (χ0n) is 46.9. The second-order valence-corrected chi connectivity index (χ2v) is 35.7. The van der Waals surface area contributed by atoms with Gasteiger partial charge in [0.2, 0.25) is 0 Å². The predicted molar refractivity (Wildman–Crippen MR) is 319 cm³/mol. The number of benzene rings is 5. The van der Waals surface area contributed by atoms with Crippen LogP contribution in [-0.2, 0) is 34.4 Å². The van der Waals surface area contributed by atoms with Gasteiger partial charge in [-0.15, -0.1) is 23.5 Å². The third kappa shape index (κ3) is 13.2. The average molecular weight is 1090 g/mol. The van der Waals surface area contributed by atoms with Crippen LogP contribution in [0.5, 0.6) is 5.75 Å². The van der Waals surface area contributed by atoms with E-state index in [2.05, 4.69) is 232 Å². The Hall–Kier alpha value is -3.47. The third-order valence-electron chi connectivity index (χ3n) is 16.0. The van der Waals surface area contributed by atoms with Gasteiger partial charge in [0.25, 0.3) is 16.6 Å². The van der Waals surface area contributed by atoms with Gasteiger partial charge in [0.1, 0.15) is 5.75 Å². The summed E-state index contributed by atoms with van der Waals surface area (Å²) in [5.41, 5.74) is 2.24. The fourth-order valence-corrected chi connectivity index (χ4v) is 25.1. The Morgan fingerprint density at radius 2 is 1.11 bits per heavy atom. The van der Waals surface area contributed by atoms with Crippen molar-refractivity contribution < 1.29 is 32.5 Å². The fraction of sp³-hybridized carbons (Fsp3) is 0.500. The Morgan fingerprint density at radius 1 is 0.613 bits per heavy atom. The van der Waals surface area contributed by atoms with Gasteiger partial charge >= 0.3 is 0 Å². The Morgan fingerprint density at radius 3 is 1.60 bits per heavy atom. The van der Waals surface area contributed by atoms with E-state index in [0.29, 0.717) is 26.4 Å². The van der Waals surface area contributed by atoms with Crippen LogP contribution in [0.25, 0.3) is 0 Å². The molecule has 3 saturated heterocycles. The molecular weight excluding hydrogens is 1000 g/mol. The van der Waals surface area contributed by atoms with E-state index in [9.17, 15) is 0 Å². The molecular formula is C64H86O7S2Si2. The molecule has 8 rings (SSSR count). The first kappa shape index (κ1) is 57.7. The minimum Gasteiger partial charge on any atom is -0.497 e. The van der Waals surface area contributed by atoms with Gasteiger partial charge in [0, 0.05) is 18.4 Å². The van der Waals surface area contributed by atoms with Crippen LogP contribution >= 0.6 is 23.5 Å². The zero-order chi connectivity index (χ0) is 53.4. The van der Waals surface area contributed by atoms with Crippen molar-refractivity contribution >= 4 is 60.9 Å². The van der Waals surface area contributed by atoms with Gasteiger partial charge < -0.3 is 32.5 Å². The SMILES string of the molecule is COc1ccc(COC[C@H]2C/C(=C\CO[Si](c3ccccc3)(c3ccccc3)C(C)(C)C)C[C@@H](CC3(C(C)(C)[C@@H]4C[C@@H](CCO[Si](c5ccccc5)(c5ccccc5)C(C)(C)C)OC(C)(C)O4)SCCCS3)O2)cc1. The molecule has 0 amide bonds. The summed E-state index contributed by atoms with van der Waals surface area (Å²) in [6.45, 7) is 25.4. The first-order valence-corrected chi connectivity index (χ1v) is 33.3. The highest BCUT2D eigenvalue weighted by Crippen LogP contribution is 2.60. The van der Waals surface area contributed by atoms with Crippen LogP contribution in [-0.4, -0.2) is 89.4 Å². The van der Waals surface area contributed by atoms with E-state index in [4.69, 9.17) is 32.5 Å². The highest BCUT2D eigenvalue weighted by atomic mass is 32.2. The molecule has 3 heterocycles. The summed E-state index contributed by atoms with van der Waals surface area (Å²) in [7, 11) is -3.76. The lowest BCUT2D eigenvalue weighted by Gasteiger charge is -2.56. The van der Waals surface area contributed by atoms with Crippen molar-refractivity contribution in [3.63, 3.8) is 0 Å². The van der Waals surface area contributed by atoms with Gasteiger partial charge in [-0.2, -0.15) is 0 Å². The Bertz CT molecular complexity index is 2480. The van der Waals surface area contributed by atoms with Crippen molar-refractivity contribution in [3.05, 3.63) is 163 Å². The minimum absolute atomic E-state index is 0.0201. The van der Waals surface area contributed by atoms with E-state index < -0.39 is 22.4 Å². The zero-order valence-corrected chi connectivity index (χ0v) is 50.5. The maximum absolute atomic E-state index is 7.48. The van der Waals surface area contributed by atoms with E-state index >= 15 is 0 Å². The monoisotopic (exact) mass is 1090 g/mol. The minimum atomic E-state index is -2.75. The summed E-state index contributed by atoms with van der Waals surface area (Å²) in [5.74, 6) is 2.29. The quantitative estimate of drug-likeness (QED) is 0.0560. The van der Waals surface area contributed by atoms with E-state index in [1.165, 1.54) is 32.7 Å². The van der Waals surface area contributed by atoms with Crippen LogP contribution in [0.1, 0.15) is 113 Å². The summed E-state index contributed by atoms with van der Waals surface area (Å²) >= 11 is 4.26. The third-order valence-corrected chi connectivity index (χ3v) is 30.0. The van der Waals surface area contributed by atoms with Gasteiger partial charge in [0.15, 0.2) is 5.79 Å². The lowest BCUT2D eigenvalue weighted by molar-refractivity contribution is -0.318. The lowest BCUT2D eigenvalue weighted by Crippen LogP contribution is -2.66. The van der Waals surface area contributed by atoms with Gasteiger partial charge in [0.05, 0.1) is 55.4 Å². The molecule has 3 aliphatic heterocycles. The molecule has 4 atom stereocenters. The van der Waals surface area contributed by atoms with E-state index in [1.54, 1.807) is 7.11 Å². The molecule has 5 aromatic rings. The topological polar surface area (TPSA) is 64.6 Å². The number of methoxy groups -OCH3 is 1. The molecule has 0 saturated carbocycles. The van der Waals surface area contributed by atoms with Crippen LogP contribution in [0.4, 0.5) is 0 Å². The van der Waals surface area contributed by atoms with Gasteiger partial charge in [-0.25, -0.2) is 0 Å². The second kappa shape index (κ2) is 24.7. The van der Waals surface area contributed by atoms with Crippen molar-refractivity contribution in [3.8, 4) is 5.75 Å². The molecule has 0 bridgehead atoms. The Kier molecular flexibility index (Phi) is 19.0. The summed E-state index contributed by atoms with van der Waals surface area (Å²) in [6.07, 6.45) is 7.49. The number of hydrogen-bond donors (Lipinski definition) is 0. The molecule has 5 aromatic carbocycles. The normalized spacial score (nSPS) is 22.2. The van der Waals surface area contributed by atoms with Crippen molar-refractivity contribution in [2.45, 2.75) is 159 Å². The molecule has 3 fully saturated rings. The number of rotatable bonds is 20. The Labute approximate surface area is 461 Å². The maximum atomic E-state index is 7.48. The van der Waals surface area contributed by atoms with E-state index in [1.807, 2.05) is 12.1 Å². The predicted octanol–water partition coefficient (Wildman–Crippen LogP) is 13.1. The molecule has 0 radical (unpaired) electrons. The van der Waals surface area contributed by atoms with Crippen LogP contribution in [0, 0.1) is 5.41 Å². The second-order valence-electron chi connectivity index (χ2n) is 24.0. The van der Waals surface area contributed by atoms with E-state index in [-0.39, 0.29) is 44.0 Å². The van der Waals surface area contributed by atoms with Crippen LogP contribution in [0.15, 0.2) is 157 Å². The molecule has 0 N–H and O–H groups in total. The van der Waals surface area contributed by atoms with Crippen LogP contribution in [0.2, 0.25) is 10.1 Å². The van der Waals surface area contributed by atoms with Crippen molar-refractivity contribution in [1.82, 2.24) is 0 Å². The number of thioether (sulfide) groups is 2. The first-order chi connectivity index (χ1) is 35.8. The largest absolute Gasteiger partial charge is 0.497 e. The van der Waals surface area contributed by atoms with Gasteiger partial charge in [-0.3, -0.25) is 0 Å². The molecule has 0 spiro atoms. The van der Waals surface area contributed by atoms with Crippen molar-refractivity contribution in [2.24, 2.45) is 5.41 Å². The van der Waals surface area contributed by atoms with E-state index in [0.717, 1.165) is 54.9 Å². The summed E-state index contributed by atoms with van der Waals surface area (Å²) in [5, 5.41) is 4.95. The lowest BCUT2D eigenvalue weighted by atomic mass is 9.76. The molecule has 3 aliphatic rings. The summed E-state index contributed by atoms with van der Waals surface area (Å²) in [6, 6.07) is 52.0. The highest BCUT2D eigenvalue weighted by Gasteiger charge is 2.57. The molecule has 75 heavy (non-hydrogen) atoms. The summed E-state index contributed by atoms with van der Waals surface area (Å²) in [4.78, 5) is 0. The molecule has 404 valence electrons. The van der Waals surface area contributed by atoms with Crippen LogP contribution < -0.4 is 25.5 Å². The van der Waals surface area contributed by atoms with Crippen molar-refractivity contribution in [1.29, 1.82) is 0 Å². The van der Waals surface area contributed by atoms with Crippen LogP contribution in [0.3, 0.4) is 0 Å².